The van der Waals surface area contributed by atoms with E-state index >= 15 is 0 Å². The minimum atomic E-state index is 0.0262. The lowest BCUT2D eigenvalue weighted by Gasteiger charge is -2.42. The maximum Gasteiger partial charge on any atom is 0.257 e. The van der Waals surface area contributed by atoms with Crippen LogP contribution in [0, 0.1) is 12.8 Å². The van der Waals surface area contributed by atoms with Gasteiger partial charge in [0.15, 0.2) is 0 Å². The number of amides is 1. The number of aryl methyl sites for hydroxylation is 1. The molecule has 5 nitrogen and oxygen atoms in total. The summed E-state index contributed by atoms with van der Waals surface area (Å²) >= 11 is 0. The van der Waals surface area contributed by atoms with Crippen molar-refractivity contribution in [2.75, 3.05) is 13.1 Å². The zero-order valence-corrected chi connectivity index (χ0v) is 12.5. The van der Waals surface area contributed by atoms with E-state index in [1.807, 2.05) is 28.5 Å². The van der Waals surface area contributed by atoms with Gasteiger partial charge in [-0.25, -0.2) is 0 Å². The summed E-state index contributed by atoms with van der Waals surface area (Å²) in [7, 11) is 0. The van der Waals surface area contributed by atoms with Crippen LogP contribution in [0.3, 0.4) is 0 Å². The average molecular weight is 298 g/mol. The van der Waals surface area contributed by atoms with Gasteiger partial charge in [0.1, 0.15) is 12.0 Å². The van der Waals surface area contributed by atoms with E-state index in [4.69, 9.17) is 4.42 Å². The van der Waals surface area contributed by atoms with Crippen molar-refractivity contribution in [2.45, 2.75) is 25.8 Å². The highest BCUT2D eigenvalue weighted by Gasteiger charge is 2.36. The van der Waals surface area contributed by atoms with Gasteiger partial charge in [-0.2, -0.15) is 0 Å². The van der Waals surface area contributed by atoms with Crippen LogP contribution in [0.15, 0.2) is 39.7 Å². The van der Waals surface area contributed by atoms with E-state index in [1.54, 1.807) is 12.1 Å². The molecule has 2 aromatic rings. The second kappa shape index (κ2) is 4.87. The second-order valence-corrected chi connectivity index (χ2v) is 6.35. The topological polar surface area (TPSA) is 55.5 Å². The van der Waals surface area contributed by atoms with Crippen LogP contribution in [0.25, 0.3) is 0 Å². The first-order valence-corrected chi connectivity index (χ1v) is 7.66. The Balaban J connectivity index is 1.64. The Labute approximate surface area is 128 Å². The van der Waals surface area contributed by atoms with Crippen LogP contribution in [-0.2, 0) is 6.54 Å². The normalized spacial score (nSPS) is 23.2. The quantitative estimate of drug-likeness (QED) is 0.809. The fourth-order valence-electron chi connectivity index (χ4n) is 3.80. The van der Waals surface area contributed by atoms with Crippen LogP contribution in [0.4, 0.5) is 0 Å². The highest BCUT2D eigenvalue weighted by atomic mass is 16.3. The highest BCUT2D eigenvalue weighted by molar-refractivity contribution is 5.94. The molecule has 5 heteroatoms. The molecule has 2 bridgehead atoms. The lowest BCUT2D eigenvalue weighted by atomic mass is 9.83. The van der Waals surface area contributed by atoms with Crippen LogP contribution in [-0.4, -0.2) is 28.5 Å². The number of fused-ring (bicyclic) bond motifs is 4. The lowest BCUT2D eigenvalue weighted by molar-refractivity contribution is 0.0594. The Bertz CT molecular complexity index is 789. The monoisotopic (exact) mass is 298 g/mol. The number of hydrogen-bond donors (Lipinski definition) is 0. The van der Waals surface area contributed by atoms with E-state index in [9.17, 15) is 9.59 Å². The summed E-state index contributed by atoms with van der Waals surface area (Å²) in [6, 6.07) is 7.22. The molecule has 2 unspecified atom stereocenters. The third-order valence-electron chi connectivity index (χ3n) is 4.74. The van der Waals surface area contributed by atoms with Gasteiger partial charge in [-0.15, -0.1) is 0 Å². The first-order valence-electron chi connectivity index (χ1n) is 7.66. The number of likely N-dealkylation sites (tertiary alicyclic amines) is 1. The molecule has 4 rings (SSSR count). The molecule has 1 saturated heterocycles. The Morgan fingerprint density at radius 3 is 2.91 bits per heavy atom. The number of carbonyl (C=O) groups excluding carboxylic acids is 1. The molecule has 4 heterocycles. The first-order chi connectivity index (χ1) is 10.6. The predicted molar refractivity (Wildman–Crippen MR) is 80.9 cm³/mol. The van der Waals surface area contributed by atoms with Gasteiger partial charge in [0, 0.05) is 37.3 Å². The number of piperidine rings is 1. The van der Waals surface area contributed by atoms with Gasteiger partial charge in [-0.05, 0) is 31.4 Å². The second-order valence-electron chi connectivity index (χ2n) is 6.35. The molecule has 2 aliphatic rings. The maximum absolute atomic E-state index is 12.6. The summed E-state index contributed by atoms with van der Waals surface area (Å²) in [6.07, 6.45) is 2.58. The van der Waals surface area contributed by atoms with Crippen LogP contribution in [0.1, 0.15) is 34.2 Å². The Morgan fingerprint density at radius 1 is 1.27 bits per heavy atom. The number of furan rings is 1. The van der Waals surface area contributed by atoms with Crippen molar-refractivity contribution in [3.8, 4) is 0 Å². The summed E-state index contributed by atoms with van der Waals surface area (Å²) in [6.45, 7) is 3.92. The zero-order chi connectivity index (χ0) is 15.3. The van der Waals surface area contributed by atoms with E-state index in [-0.39, 0.29) is 17.4 Å². The van der Waals surface area contributed by atoms with Crippen molar-refractivity contribution < 1.29 is 9.21 Å². The number of rotatable bonds is 1. The molecule has 0 saturated carbocycles. The fraction of sp³-hybridized carbons (Fsp3) is 0.412. The molecule has 2 aliphatic heterocycles. The van der Waals surface area contributed by atoms with Crippen molar-refractivity contribution in [3.63, 3.8) is 0 Å². The number of aromatic nitrogens is 1. The molecule has 1 amide bonds. The van der Waals surface area contributed by atoms with Gasteiger partial charge >= 0.3 is 0 Å². The molecule has 0 N–H and O–H groups in total. The van der Waals surface area contributed by atoms with Gasteiger partial charge in [0.25, 0.3) is 11.5 Å². The summed E-state index contributed by atoms with van der Waals surface area (Å²) in [5.74, 6) is 1.37. The van der Waals surface area contributed by atoms with E-state index in [0.717, 1.165) is 17.9 Å². The fourth-order valence-corrected chi connectivity index (χ4v) is 3.80. The summed E-state index contributed by atoms with van der Waals surface area (Å²) in [5, 5.41) is 0. The van der Waals surface area contributed by atoms with Gasteiger partial charge in [0.05, 0.1) is 5.56 Å². The van der Waals surface area contributed by atoms with Gasteiger partial charge in [0.2, 0.25) is 0 Å². The highest BCUT2D eigenvalue weighted by Crippen LogP contribution is 2.35. The Kier molecular flexibility index (Phi) is 2.96. The molecule has 2 aromatic heterocycles. The molecule has 0 aromatic carbocycles. The van der Waals surface area contributed by atoms with Crippen molar-refractivity contribution in [2.24, 2.45) is 5.92 Å². The molecule has 0 spiro atoms. The van der Waals surface area contributed by atoms with Crippen LogP contribution in [0.2, 0.25) is 0 Å². The van der Waals surface area contributed by atoms with Gasteiger partial charge < -0.3 is 13.9 Å². The average Bonchev–Trinajstić information content (AvgIpc) is 2.94. The molecule has 1 fully saturated rings. The number of pyridine rings is 1. The smallest absolute Gasteiger partial charge is 0.257 e. The number of hydrogen-bond acceptors (Lipinski definition) is 3. The Hall–Kier alpha value is -2.30. The minimum Gasteiger partial charge on any atom is -0.469 e. The van der Waals surface area contributed by atoms with Crippen molar-refractivity contribution in [1.82, 2.24) is 9.47 Å². The maximum atomic E-state index is 12.6. The summed E-state index contributed by atoms with van der Waals surface area (Å²) in [4.78, 5) is 26.5. The number of carbonyl (C=O) groups is 1. The van der Waals surface area contributed by atoms with Gasteiger partial charge in [-0.1, -0.05) is 6.07 Å². The van der Waals surface area contributed by atoms with Crippen molar-refractivity contribution in [3.05, 3.63) is 57.9 Å². The largest absolute Gasteiger partial charge is 0.469 e. The molecule has 22 heavy (non-hydrogen) atoms. The van der Waals surface area contributed by atoms with E-state index in [0.29, 0.717) is 31.1 Å². The predicted octanol–water partition coefficient (Wildman–Crippen LogP) is 2.01. The number of nitrogens with zero attached hydrogens (tertiary/aromatic N) is 2. The molecule has 0 radical (unpaired) electrons. The standard InChI is InChI=1S/C17H18N2O3/c1-11-5-14(10-22-11)17(21)18-7-12-6-13(9-18)15-3-2-4-16(20)19(15)8-12/h2-5,10,12-13H,6-9H2,1H3. The van der Waals surface area contributed by atoms with Gasteiger partial charge in [-0.3, -0.25) is 9.59 Å². The summed E-state index contributed by atoms with van der Waals surface area (Å²) < 4.78 is 7.13. The summed E-state index contributed by atoms with van der Waals surface area (Å²) in [5.41, 5.74) is 1.74. The van der Waals surface area contributed by atoms with Crippen molar-refractivity contribution in [1.29, 1.82) is 0 Å². The van der Waals surface area contributed by atoms with Crippen LogP contribution >= 0.6 is 0 Å². The third kappa shape index (κ3) is 2.08. The minimum absolute atomic E-state index is 0.0262. The van der Waals surface area contributed by atoms with Crippen molar-refractivity contribution >= 4 is 5.91 Å². The molecular formula is C17H18N2O3. The Morgan fingerprint density at radius 2 is 2.14 bits per heavy atom. The van der Waals surface area contributed by atoms with Crippen LogP contribution in [0.5, 0.6) is 0 Å². The molecule has 114 valence electrons. The van der Waals surface area contributed by atoms with E-state index < -0.39 is 0 Å². The third-order valence-corrected chi connectivity index (χ3v) is 4.74. The lowest BCUT2D eigenvalue weighted by Crippen LogP contribution is -2.49. The van der Waals surface area contributed by atoms with Crippen LogP contribution < -0.4 is 5.56 Å². The SMILES string of the molecule is Cc1cc(C(=O)N2CC3CC(C2)c2cccc(=O)n2C3)co1. The zero-order valence-electron chi connectivity index (χ0n) is 12.5. The molecular weight excluding hydrogens is 280 g/mol. The first kappa shape index (κ1) is 13.4. The molecule has 0 aliphatic carbocycles. The van der Waals surface area contributed by atoms with E-state index in [2.05, 4.69) is 0 Å². The molecule has 2 atom stereocenters. The van der Waals surface area contributed by atoms with E-state index in [1.165, 1.54) is 6.26 Å².